The number of carbonyl (C=O) groups excluding carboxylic acids is 1. The van der Waals surface area contributed by atoms with Gasteiger partial charge >= 0.3 is 0 Å². The lowest BCUT2D eigenvalue weighted by Crippen LogP contribution is -2.02. The maximum absolute atomic E-state index is 10.5. The topological polar surface area (TPSA) is 17.1 Å². The van der Waals surface area contributed by atoms with E-state index in [0.717, 1.165) is 12.7 Å². The number of hydrogen-bond acceptors (Lipinski definition) is 1. The van der Waals surface area contributed by atoms with Crippen LogP contribution in [0.5, 0.6) is 0 Å². The fourth-order valence-corrected chi connectivity index (χ4v) is 1.42. The van der Waals surface area contributed by atoms with Crippen LogP contribution in [-0.4, -0.2) is 6.29 Å². The molecule has 0 saturated heterocycles. The normalized spacial score (nSPS) is 12.5. The zero-order valence-corrected chi connectivity index (χ0v) is 8.50. The number of benzene rings is 1. The predicted molar refractivity (Wildman–Crippen MR) is 54.8 cm³/mol. The van der Waals surface area contributed by atoms with Crippen LogP contribution < -0.4 is 0 Å². The fourth-order valence-electron chi connectivity index (χ4n) is 1.42. The van der Waals surface area contributed by atoms with Crippen LogP contribution in [0.3, 0.4) is 0 Å². The lowest BCUT2D eigenvalue weighted by molar-refractivity contribution is -0.110. The molecule has 70 valence electrons. The highest BCUT2D eigenvalue weighted by atomic mass is 16.1. The molecule has 0 bridgehead atoms. The minimum Gasteiger partial charge on any atom is -0.303 e. The summed E-state index contributed by atoms with van der Waals surface area (Å²) in [6.45, 7) is 6.12. The summed E-state index contributed by atoms with van der Waals surface area (Å²) in [7, 11) is 0. The molecule has 0 spiro atoms. The van der Waals surface area contributed by atoms with E-state index in [9.17, 15) is 4.79 Å². The minimum atomic E-state index is 0.125. The van der Waals surface area contributed by atoms with E-state index in [1.165, 1.54) is 16.7 Å². The standard InChI is InChI=1S/C12H16O/c1-9-4-5-11(3)12(6-9)7-10(2)8-13/h4-6,8,10H,7H2,1-3H3/t10-/m1/s1. The first kappa shape index (κ1) is 9.97. The monoisotopic (exact) mass is 176 g/mol. The first-order chi connectivity index (χ1) is 6.13. The van der Waals surface area contributed by atoms with Crippen molar-refractivity contribution in [1.82, 2.24) is 0 Å². The molecule has 0 unspecified atom stereocenters. The molecule has 0 fully saturated rings. The van der Waals surface area contributed by atoms with Crippen molar-refractivity contribution in [3.63, 3.8) is 0 Å². The summed E-state index contributed by atoms with van der Waals surface area (Å²) in [4.78, 5) is 10.5. The van der Waals surface area contributed by atoms with Crippen molar-refractivity contribution in [2.75, 3.05) is 0 Å². The molecular formula is C12H16O. The molecule has 0 N–H and O–H groups in total. The van der Waals surface area contributed by atoms with Gasteiger partial charge in [0.15, 0.2) is 0 Å². The van der Waals surface area contributed by atoms with Crippen LogP contribution >= 0.6 is 0 Å². The van der Waals surface area contributed by atoms with Gasteiger partial charge in [0, 0.05) is 5.92 Å². The van der Waals surface area contributed by atoms with Gasteiger partial charge < -0.3 is 4.79 Å². The van der Waals surface area contributed by atoms with Crippen molar-refractivity contribution in [3.8, 4) is 0 Å². The first-order valence-electron chi connectivity index (χ1n) is 4.65. The van der Waals surface area contributed by atoms with E-state index in [-0.39, 0.29) is 5.92 Å². The van der Waals surface area contributed by atoms with Gasteiger partial charge in [-0.15, -0.1) is 0 Å². The molecule has 1 aromatic carbocycles. The van der Waals surface area contributed by atoms with E-state index in [4.69, 9.17) is 0 Å². The van der Waals surface area contributed by atoms with Crippen LogP contribution in [-0.2, 0) is 11.2 Å². The van der Waals surface area contributed by atoms with Crippen LogP contribution in [0.25, 0.3) is 0 Å². The van der Waals surface area contributed by atoms with Crippen molar-refractivity contribution in [2.24, 2.45) is 5.92 Å². The van der Waals surface area contributed by atoms with E-state index in [1.807, 2.05) is 6.92 Å². The van der Waals surface area contributed by atoms with Crippen molar-refractivity contribution in [2.45, 2.75) is 27.2 Å². The zero-order chi connectivity index (χ0) is 9.84. The van der Waals surface area contributed by atoms with Gasteiger partial charge in [0.2, 0.25) is 0 Å². The third-order valence-electron chi connectivity index (χ3n) is 2.28. The molecule has 0 saturated carbocycles. The van der Waals surface area contributed by atoms with Gasteiger partial charge in [-0.2, -0.15) is 0 Å². The zero-order valence-electron chi connectivity index (χ0n) is 8.50. The molecule has 0 amide bonds. The van der Waals surface area contributed by atoms with Crippen LogP contribution in [0.15, 0.2) is 18.2 Å². The van der Waals surface area contributed by atoms with E-state index < -0.39 is 0 Å². The van der Waals surface area contributed by atoms with Crippen LogP contribution in [0.2, 0.25) is 0 Å². The maximum atomic E-state index is 10.5. The largest absolute Gasteiger partial charge is 0.303 e. The third kappa shape index (κ3) is 2.69. The molecule has 0 aliphatic rings. The van der Waals surface area contributed by atoms with Crippen LogP contribution in [0, 0.1) is 19.8 Å². The summed E-state index contributed by atoms with van der Waals surface area (Å²) >= 11 is 0. The van der Waals surface area contributed by atoms with E-state index >= 15 is 0 Å². The Kier molecular flexibility index (Phi) is 3.24. The fraction of sp³-hybridized carbons (Fsp3) is 0.417. The summed E-state index contributed by atoms with van der Waals surface area (Å²) in [5, 5.41) is 0. The highest BCUT2D eigenvalue weighted by Gasteiger charge is 2.04. The van der Waals surface area contributed by atoms with Crippen molar-refractivity contribution < 1.29 is 4.79 Å². The average Bonchev–Trinajstić information content (AvgIpc) is 2.11. The van der Waals surface area contributed by atoms with Crippen molar-refractivity contribution in [3.05, 3.63) is 34.9 Å². The molecule has 0 aliphatic carbocycles. The van der Waals surface area contributed by atoms with Gasteiger partial charge in [-0.05, 0) is 31.4 Å². The third-order valence-corrected chi connectivity index (χ3v) is 2.28. The predicted octanol–water partition coefficient (Wildman–Crippen LogP) is 2.68. The molecule has 0 radical (unpaired) electrons. The van der Waals surface area contributed by atoms with Gasteiger partial charge in [-0.1, -0.05) is 30.7 Å². The Morgan fingerprint density at radius 3 is 2.69 bits per heavy atom. The lowest BCUT2D eigenvalue weighted by Gasteiger charge is -2.08. The quantitative estimate of drug-likeness (QED) is 0.647. The second kappa shape index (κ2) is 4.22. The van der Waals surface area contributed by atoms with Crippen LogP contribution in [0.1, 0.15) is 23.6 Å². The Morgan fingerprint density at radius 2 is 2.08 bits per heavy atom. The van der Waals surface area contributed by atoms with Gasteiger partial charge in [-0.3, -0.25) is 0 Å². The Balaban J connectivity index is 2.86. The first-order valence-corrected chi connectivity index (χ1v) is 4.65. The number of aryl methyl sites for hydroxylation is 2. The van der Waals surface area contributed by atoms with Gasteiger partial charge in [0.25, 0.3) is 0 Å². The summed E-state index contributed by atoms with van der Waals surface area (Å²) < 4.78 is 0. The maximum Gasteiger partial charge on any atom is 0.123 e. The molecule has 1 rings (SSSR count). The molecule has 1 heteroatoms. The highest BCUT2D eigenvalue weighted by molar-refractivity contribution is 5.54. The summed E-state index contributed by atoms with van der Waals surface area (Å²) in [5.74, 6) is 0.125. The summed E-state index contributed by atoms with van der Waals surface area (Å²) in [6, 6.07) is 6.38. The highest BCUT2D eigenvalue weighted by Crippen LogP contribution is 2.14. The lowest BCUT2D eigenvalue weighted by atomic mass is 9.97. The second-order valence-corrected chi connectivity index (χ2v) is 3.75. The number of aldehydes is 1. The number of carbonyl (C=O) groups is 1. The molecule has 13 heavy (non-hydrogen) atoms. The smallest absolute Gasteiger partial charge is 0.123 e. The Labute approximate surface area is 79.8 Å². The molecule has 1 atom stereocenters. The summed E-state index contributed by atoms with van der Waals surface area (Å²) in [6.07, 6.45) is 1.87. The average molecular weight is 176 g/mol. The van der Waals surface area contributed by atoms with E-state index in [0.29, 0.717) is 0 Å². The van der Waals surface area contributed by atoms with E-state index in [2.05, 4.69) is 32.0 Å². The SMILES string of the molecule is Cc1ccc(C)c(C[C@@H](C)C=O)c1. The van der Waals surface area contributed by atoms with Crippen molar-refractivity contribution in [1.29, 1.82) is 0 Å². The molecule has 0 heterocycles. The van der Waals surface area contributed by atoms with Crippen LogP contribution in [0.4, 0.5) is 0 Å². The van der Waals surface area contributed by atoms with Gasteiger partial charge in [0.05, 0.1) is 0 Å². The van der Waals surface area contributed by atoms with E-state index in [1.54, 1.807) is 0 Å². The molecule has 1 aromatic rings. The molecule has 0 aromatic heterocycles. The van der Waals surface area contributed by atoms with Crippen molar-refractivity contribution >= 4 is 6.29 Å². The molecule has 1 nitrogen and oxygen atoms in total. The summed E-state index contributed by atoms with van der Waals surface area (Å²) in [5.41, 5.74) is 3.83. The minimum absolute atomic E-state index is 0.125. The Bertz CT molecular complexity index is 302. The van der Waals surface area contributed by atoms with Gasteiger partial charge in [-0.25, -0.2) is 0 Å². The van der Waals surface area contributed by atoms with Gasteiger partial charge in [0.1, 0.15) is 6.29 Å². The number of rotatable bonds is 3. The molecule has 0 aliphatic heterocycles. The second-order valence-electron chi connectivity index (χ2n) is 3.75. The Hall–Kier alpha value is -1.11. The Morgan fingerprint density at radius 1 is 1.38 bits per heavy atom. The molecular weight excluding hydrogens is 160 g/mol. The number of hydrogen-bond donors (Lipinski definition) is 0.